The molecular weight excluding hydrogens is 215 g/mol. The number of nitrogens with one attached hydrogen (secondary N) is 1. The summed E-state index contributed by atoms with van der Waals surface area (Å²) in [6.07, 6.45) is 0. The molecule has 0 radical (unpaired) electrons. The number of benzene rings is 2. The Bertz CT molecular complexity index is 531. The monoisotopic (exact) mass is 226 g/mol. The Hall–Kier alpha value is -2.34. The Morgan fingerprint density at radius 1 is 1.00 bits per heavy atom. The maximum atomic E-state index is 13.5. The average molecular weight is 226 g/mol. The highest BCUT2D eigenvalue weighted by Gasteiger charge is 2.13. The molecule has 0 saturated carbocycles. The SMILES string of the molecule is N#CC(Nc1ccccc1)c1ccccc1F. The van der Waals surface area contributed by atoms with Crippen LogP contribution in [0.15, 0.2) is 54.6 Å². The van der Waals surface area contributed by atoms with Crippen LogP contribution in [0.2, 0.25) is 0 Å². The van der Waals surface area contributed by atoms with Gasteiger partial charge in [0.1, 0.15) is 11.9 Å². The molecule has 0 heterocycles. The normalized spacial score (nSPS) is 11.5. The number of nitriles is 1. The van der Waals surface area contributed by atoms with Gasteiger partial charge in [-0.15, -0.1) is 0 Å². The standard InChI is InChI=1S/C14H11FN2/c15-13-9-5-4-8-12(13)14(10-16)17-11-6-2-1-3-7-11/h1-9,14,17H. The Kier molecular flexibility index (Phi) is 3.37. The van der Waals surface area contributed by atoms with Crippen molar-refractivity contribution in [2.24, 2.45) is 0 Å². The van der Waals surface area contributed by atoms with Crippen LogP contribution < -0.4 is 5.32 Å². The third-order valence-electron chi connectivity index (χ3n) is 2.43. The summed E-state index contributed by atoms with van der Waals surface area (Å²) in [6, 6.07) is 16.9. The first-order chi connectivity index (χ1) is 8.31. The fourth-order valence-corrected chi connectivity index (χ4v) is 1.59. The molecule has 0 fully saturated rings. The quantitative estimate of drug-likeness (QED) is 0.869. The first-order valence-electron chi connectivity index (χ1n) is 5.27. The molecule has 3 heteroatoms. The van der Waals surface area contributed by atoms with E-state index in [9.17, 15) is 4.39 Å². The van der Waals surface area contributed by atoms with Crippen molar-refractivity contribution in [3.05, 3.63) is 66.0 Å². The van der Waals surface area contributed by atoms with Gasteiger partial charge in [-0.3, -0.25) is 0 Å². The molecule has 0 amide bonds. The van der Waals surface area contributed by atoms with Crippen molar-refractivity contribution in [2.45, 2.75) is 6.04 Å². The summed E-state index contributed by atoms with van der Waals surface area (Å²) in [5.41, 5.74) is 1.15. The minimum atomic E-state index is -0.682. The van der Waals surface area contributed by atoms with Gasteiger partial charge in [0.05, 0.1) is 6.07 Å². The van der Waals surface area contributed by atoms with Crippen molar-refractivity contribution in [3.63, 3.8) is 0 Å². The first kappa shape index (κ1) is 11.2. The molecule has 84 valence electrons. The van der Waals surface area contributed by atoms with Gasteiger partial charge in [-0.05, 0) is 18.2 Å². The maximum Gasteiger partial charge on any atom is 0.143 e. The maximum absolute atomic E-state index is 13.5. The first-order valence-corrected chi connectivity index (χ1v) is 5.27. The second-order valence-corrected chi connectivity index (χ2v) is 3.59. The van der Waals surface area contributed by atoms with Gasteiger partial charge in [0.15, 0.2) is 0 Å². The van der Waals surface area contributed by atoms with Crippen LogP contribution in [0.1, 0.15) is 11.6 Å². The van der Waals surface area contributed by atoms with Gasteiger partial charge in [0.2, 0.25) is 0 Å². The van der Waals surface area contributed by atoms with Crippen LogP contribution in [0.25, 0.3) is 0 Å². The molecule has 2 rings (SSSR count). The van der Waals surface area contributed by atoms with E-state index in [1.165, 1.54) is 6.07 Å². The van der Waals surface area contributed by atoms with E-state index >= 15 is 0 Å². The fraction of sp³-hybridized carbons (Fsp3) is 0.0714. The zero-order valence-corrected chi connectivity index (χ0v) is 9.10. The molecule has 0 aliphatic carbocycles. The van der Waals surface area contributed by atoms with Crippen LogP contribution in [0, 0.1) is 17.1 Å². The fourth-order valence-electron chi connectivity index (χ4n) is 1.59. The average Bonchev–Trinajstić information content (AvgIpc) is 2.38. The number of para-hydroxylation sites is 1. The number of halogens is 1. The van der Waals surface area contributed by atoms with Crippen LogP contribution in [0.5, 0.6) is 0 Å². The van der Waals surface area contributed by atoms with Gasteiger partial charge in [-0.2, -0.15) is 5.26 Å². The lowest BCUT2D eigenvalue weighted by molar-refractivity contribution is 0.607. The smallest absolute Gasteiger partial charge is 0.143 e. The van der Waals surface area contributed by atoms with Crippen molar-refractivity contribution >= 4 is 5.69 Å². The topological polar surface area (TPSA) is 35.8 Å². The zero-order chi connectivity index (χ0) is 12.1. The van der Waals surface area contributed by atoms with Gasteiger partial charge in [-0.25, -0.2) is 4.39 Å². The van der Waals surface area contributed by atoms with Gasteiger partial charge >= 0.3 is 0 Å². The van der Waals surface area contributed by atoms with E-state index in [2.05, 4.69) is 11.4 Å². The largest absolute Gasteiger partial charge is 0.366 e. The molecule has 1 unspecified atom stereocenters. The molecule has 2 nitrogen and oxygen atoms in total. The van der Waals surface area contributed by atoms with E-state index in [0.29, 0.717) is 5.56 Å². The molecule has 0 saturated heterocycles. The second kappa shape index (κ2) is 5.13. The van der Waals surface area contributed by atoms with Crippen molar-refractivity contribution in [1.29, 1.82) is 5.26 Å². The lowest BCUT2D eigenvalue weighted by Crippen LogP contribution is -2.10. The van der Waals surface area contributed by atoms with Gasteiger partial charge in [0, 0.05) is 11.3 Å². The molecule has 0 aliphatic rings. The van der Waals surface area contributed by atoms with E-state index < -0.39 is 6.04 Å². The Morgan fingerprint density at radius 2 is 1.65 bits per heavy atom. The van der Waals surface area contributed by atoms with Crippen molar-refractivity contribution < 1.29 is 4.39 Å². The van der Waals surface area contributed by atoms with E-state index in [4.69, 9.17) is 5.26 Å². The predicted octanol–water partition coefficient (Wildman–Crippen LogP) is 3.50. The van der Waals surface area contributed by atoms with Crippen LogP contribution in [0.3, 0.4) is 0 Å². The van der Waals surface area contributed by atoms with Gasteiger partial charge in [-0.1, -0.05) is 36.4 Å². The predicted molar refractivity (Wildman–Crippen MR) is 64.8 cm³/mol. The van der Waals surface area contributed by atoms with Crippen LogP contribution in [-0.2, 0) is 0 Å². The Labute approximate surface area is 99.3 Å². The molecule has 0 aliphatic heterocycles. The van der Waals surface area contributed by atoms with Crippen molar-refractivity contribution in [2.75, 3.05) is 5.32 Å². The minimum absolute atomic E-state index is 0.360. The van der Waals surface area contributed by atoms with E-state index in [0.717, 1.165) is 5.69 Å². The molecule has 2 aromatic carbocycles. The second-order valence-electron chi connectivity index (χ2n) is 3.59. The summed E-state index contributed by atoms with van der Waals surface area (Å²) >= 11 is 0. The van der Waals surface area contributed by atoms with E-state index in [1.807, 2.05) is 30.3 Å². The lowest BCUT2D eigenvalue weighted by Gasteiger charge is -2.13. The van der Waals surface area contributed by atoms with Crippen LogP contribution in [-0.4, -0.2) is 0 Å². The van der Waals surface area contributed by atoms with Crippen LogP contribution >= 0.6 is 0 Å². The minimum Gasteiger partial charge on any atom is -0.366 e. The summed E-state index contributed by atoms with van der Waals surface area (Å²) in [4.78, 5) is 0. The third-order valence-corrected chi connectivity index (χ3v) is 2.43. The highest BCUT2D eigenvalue weighted by Crippen LogP contribution is 2.21. The molecular formula is C14H11FN2. The molecule has 17 heavy (non-hydrogen) atoms. The Morgan fingerprint density at radius 3 is 2.29 bits per heavy atom. The third kappa shape index (κ3) is 2.61. The summed E-state index contributed by atoms with van der Waals surface area (Å²) in [7, 11) is 0. The zero-order valence-electron chi connectivity index (χ0n) is 9.10. The summed E-state index contributed by atoms with van der Waals surface area (Å²) in [5.74, 6) is -0.373. The number of anilines is 1. The van der Waals surface area contributed by atoms with Crippen molar-refractivity contribution in [1.82, 2.24) is 0 Å². The summed E-state index contributed by atoms with van der Waals surface area (Å²) in [6.45, 7) is 0. The molecule has 1 N–H and O–H groups in total. The Balaban J connectivity index is 2.25. The van der Waals surface area contributed by atoms with Crippen molar-refractivity contribution in [3.8, 4) is 6.07 Å². The highest BCUT2D eigenvalue weighted by atomic mass is 19.1. The molecule has 0 bridgehead atoms. The molecule has 0 spiro atoms. The summed E-state index contributed by atoms with van der Waals surface area (Å²) < 4.78 is 13.5. The van der Waals surface area contributed by atoms with E-state index in [1.54, 1.807) is 18.2 Å². The van der Waals surface area contributed by atoms with Gasteiger partial charge in [0.25, 0.3) is 0 Å². The lowest BCUT2D eigenvalue weighted by atomic mass is 10.1. The molecule has 0 aromatic heterocycles. The number of hydrogen-bond donors (Lipinski definition) is 1. The number of rotatable bonds is 3. The highest BCUT2D eigenvalue weighted by molar-refractivity contribution is 5.47. The van der Waals surface area contributed by atoms with Crippen LogP contribution in [0.4, 0.5) is 10.1 Å². The number of hydrogen-bond acceptors (Lipinski definition) is 2. The number of nitrogens with zero attached hydrogens (tertiary/aromatic N) is 1. The van der Waals surface area contributed by atoms with Gasteiger partial charge < -0.3 is 5.32 Å². The molecule has 2 aromatic rings. The van der Waals surface area contributed by atoms with E-state index in [-0.39, 0.29) is 5.82 Å². The molecule has 1 atom stereocenters. The summed E-state index contributed by atoms with van der Waals surface area (Å²) in [5, 5.41) is 12.1.